The minimum atomic E-state index is -0.199. The van der Waals surface area contributed by atoms with Gasteiger partial charge in [0.05, 0.1) is 11.9 Å². The van der Waals surface area contributed by atoms with Crippen molar-refractivity contribution in [3.05, 3.63) is 21.6 Å². The van der Waals surface area contributed by atoms with Gasteiger partial charge >= 0.3 is 0 Å². The molecule has 1 fully saturated rings. The van der Waals surface area contributed by atoms with E-state index in [0.29, 0.717) is 18.2 Å². The molecule has 1 aliphatic rings. The molecule has 2 rings (SSSR count). The van der Waals surface area contributed by atoms with Gasteiger partial charge in [-0.2, -0.15) is 5.10 Å². The minimum absolute atomic E-state index is 0.199. The topological polar surface area (TPSA) is 46.9 Å². The van der Waals surface area contributed by atoms with Crippen molar-refractivity contribution in [1.29, 1.82) is 0 Å². The Kier molecular flexibility index (Phi) is 4.64. The number of anilines is 1. The standard InChI is InChI=1S/C13H20ClN3O/c1-2-7-17-13(18)12(14)11(9-16-17)15-8-10-5-3-4-6-10/h9-10,15H,2-8H2,1H3. The van der Waals surface area contributed by atoms with Crippen LogP contribution in [0.1, 0.15) is 39.0 Å². The first-order valence-corrected chi connectivity index (χ1v) is 7.09. The predicted molar refractivity (Wildman–Crippen MR) is 74.2 cm³/mol. The Hall–Kier alpha value is -1.03. The van der Waals surface area contributed by atoms with Gasteiger partial charge in [0.1, 0.15) is 5.02 Å². The Balaban J connectivity index is 2.04. The monoisotopic (exact) mass is 269 g/mol. The molecular formula is C13H20ClN3O. The molecule has 0 radical (unpaired) electrons. The van der Waals surface area contributed by atoms with Crippen LogP contribution in [0, 0.1) is 5.92 Å². The number of hydrogen-bond donors (Lipinski definition) is 1. The van der Waals surface area contributed by atoms with Gasteiger partial charge in [0.25, 0.3) is 5.56 Å². The Morgan fingerprint density at radius 2 is 2.22 bits per heavy atom. The van der Waals surface area contributed by atoms with E-state index < -0.39 is 0 Å². The lowest BCUT2D eigenvalue weighted by Crippen LogP contribution is -2.24. The Morgan fingerprint density at radius 3 is 2.89 bits per heavy atom. The summed E-state index contributed by atoms with van der Waals surface area (Å²) < 4.78 is 1.42. The average Bonchev–Trinajstić information content (AvgIpc) is 2.87. The van der Waals surface area contributed by atoms with Crippen molar-refractivity contribution in [2.75, 3.05) is 11.9 Å². The van der Waals surface area contributed by atoms with Gasteiger partial charge in [0, 0.05) is 13.1 Å². The first-order chi connectivity index (χ1) is 8.72. The normalized spacial score (nSPS) is 16.1. The van der Waals surface area contributed by atoms with Crippen molar-refractivity contribution < 1.29 is 0 Å². The third kappa shape index (κ3) is 3.05. The molecule has 0 spiro atoms. The quantitative estimate of drug-likeness (QED) is 0.894. The second-order valence-electron chi connectivity index (χ2n) is 4.93. The Labute approximate surface area is 112 Å². The summed E-state index contributed by atoms with van der Waals surface area (Å²) in [5.41, 5.74) is 0.468. The largest absolute Gasteiger partial charge is 0.382 e. The molecule has 1 aliphatic carbocycles. The number of aromatic nitrogens is 2. The van der Waals surface area contributed by atoms with Crippen molar-refractivity contribution in [2.24, 2.45) is 5.92 Å². The van der Waals surface area contributed by atoms with Crippen LogP contribution in [0.4, 0.5) is 5.69 Å². The van der Waals surface area contributed by atoms with E-state index >= 15 is 0 Å². The van der Waals surface area contributed by atoms with E-state index in [1.165, 1.54) is 30.4 Å². The maximum Gasteiger partial charge on any atom is 0.287 e. The lowest BCUT2D eigenvalue weighted by molar-refractivity contribution is 0.564. The lowest BCUT2D eigenvalue weighted by Gasteiger charge is -2.13. The molecule has 0 unspecified atom stereocenters. The molecule has 18 heavy (non-hydrogen) atoms. The first kappa shape index (κ1) is 13.4. The average molecular weight is 270 g/mol. The molecule has 0 aliphatic heterocycles. The zero-order valence-electron chi connectivity index (χ0n) is 10.8. The van der Waals surface area contributed by atoms with Gasteiger partial charge in [0.2, 0.25) is 0 Å². The molecule has 100 valence electrons. The van der Waals surface area contributed by atoms with Crippen LogP contribution < -0.4 is 10.9 Å². The van der Waals surface area contributed by atoms with Gasteiger partial charge in [-0.25, -0.2) is 4.68 Å². The zero-order chi connectivity index (χ0) is 13.0. The number of nitrogens with zero attached hydrogens (tertiary/aromatic N) is 2. The SMILES string of the molecule is CCCn1ncc(NCC2CCCC2)c(Cl)c1=O. The molecule has 0 amide bonds. The fraction of sp³-hybridized carbons (Fsp3) is 0.692. The molecule has 0 atom stereocenters. The van der Waals surface area contributed by atoms with Crippen molar-refractivity contribution in [3.63, 3.8) is 0 Å². The van der Waals surface area contributed by atoms with Gasteiger partial charge < -0.3 is 5.32 Å². The number of rotatable bonds is 5. The van der Waals surface area contributed by atoms with Gasteiger partial charge in [-0.15, -0.1) is 0 Å². The van der Waals surface area contributed by atoms with Crippen molar-refractivity contribution in [2.45, 2.75) is 45.6 Å². The highest BCUT2D eigenvalue weighted by atomic mass is 35.5. The van der Waals surface area contributed by atoms with E-state index in [-0.39, 0.29) is 10.6 Å². The van der Waals surface area contributed by atoms with E-state index in [4.69, 9.17) is 11.6 Å². The van der Waals surface area contributed by atoms with Gasteiger partial charge in [0.15, 0.2) is 0 Å². The van der Waals surface area contributed by atoms with Crippen LogP contribution in [0.15, 0.2) is 11.0 Å². The van der Waals surface area contributed by atoms with Crippen LogP contribution >= 0.6 is 11.6 Å². The number of hydrogen-bond acceptors (Lipinski definition) is 3. The molecule has 0 saturated heterocycles. The molecular weight excluding hydrogens is 250 g/mol. The molecule has 1 aromatic heterocycles. The van der Waals surface area contributed by atoms with E-state index in [9.17, 15) is 4.79 Å². The Morgan fingerprint density at radius 1 is 1.50 bits per heavy atom. The van der Waals surface area contributed by atoms with Crippen LogP contribution in [0.5, 0.6) is 0 Å². The van der Waals surface area contributed by atoms with E-state index in [0.717, 1.165) is 13.0 Å². The maximum absolute atomic E-state index is 11.9. The van der Waals surface area contributed by atoms with Crippen LogP contribution in [0.2, 0.25) is 5.02 Å². The summed E-state index contributed by atoms with van der Waals surface area (Å²) in [6.07, 6.45) is 7.70. The van der Waals surface area contributed by atoms with Gasteiger partial charge in [-0.3, -0.25) is 4.79 Å². The molecule has 1 aromatic rings. The summed E-state index contributed by atoms with van der Waals surface area (Å²) in [5, 5.41) is 7.65. The third-order valence-corrected chi connectivity index (χ3v) is 3.84. The summed E-state index contributed by atoms with van der Waals surface area (Å²) in [4.78, 5) is 11.9. The molecule has 1 saturated carbocycles. The van der Waals surface area contributed by atoms with Gasteiger partial charge in [-0.1, -0.05) is 31.4 Å². The summed E-state index contributed by atoms with van der Waals surface area (Å²) in [6.45, 7) is 3.51. The summed E-state index contributed by atoms with van der Waals surface area (Å²) in [5.74, 6) is 0.708. The summed E-state index contributed by atoms with van der Waals surface area (Å²) in [7, 11) is 0. The molecule has 4 nitrogen and oxygen atoms in total. The smallest absolute Gasteiger partial charge is 0.287 e. The van der Waals surface area contributed by atoms with E-state index in [1.54, 1.807) is 6.20 Å². The molecule has 0 bridgehead atoms. The lowest BCUT2D eigenvalue weighted by atomic mass is 10.1. The van der Waals surface area contributed by atoms with Gasteiger partial charge in [-0.05, 0) is 25.2 Å². The molecule has 1 N–H and O–H groups in total. The second-order valence-corrected chi connectivity index (χ2v) is 5.31. The third-order valence-electron chi connectivity index (χ3n) is 3.48. The first-order valence-electron chi connectivity index (χ1n) is 6.72. The fourth-order valence-corrected chi connectivity index (χ4v) is 2.64. The highest BCUT2D eigenvalue weighted by molar-refractivity contribution is 6.32. The van der Waals surface area contributed by atoms with Crippen LogP contribution in [0.3, 0.4) is 0 Å². The minimum Gasteiger partial charge on any atom is -0.382 e. The second kappa shape index (κ2) is 6.23. The molecule has 5 heteroatoms. The van der Waals surface area contributed by atoms with Crippen molar-refractivity contribution in [1.82, 2.24) is 9.78 Å². The number of halogens is 1. The highest BCUT2D eigenvalue weighted by Crippen LogP contribution is 2.25. The molecule has 0 aromatic carbocycles. The van der Waals surface area contributed by atoms with Crippen LogP contribution in [-0.2, 0) is 6.54 Å². The van der Waals surface area contributed by atoms with E-state index in [2.05, 4.69) is 10.4 Å². The maximum atomic E-state index is 11.9. The van der Waals surface area contributed by atoms with Crippen molar-refractivity contribution in [3.8, 4) is 0 Å². The van der Waals surface area contributed by atoms with Crippen molar-refractivity contribution >= 4 is 17.3 Å². The number of aryl methyl sites for hydroxylation is 1. The zero-order valence-corrected chi connectivity index (χ0v) is 11.5. The predicted octanol–water partition coefficient (Wildman–Crippen LogP) is 2.91. The number of nitrogens with one attached hydrogen (secondary N) is 1. The highest BCUT2D eigenvalue weighted by Gasteiger charge is 2.16. The fourth-order valence-electron chi connectivity index (χ4n) is 2.43. The molecule has 1 heterocycles. The summed E-state index contributed by atoms with van der Waals surface area (Å²) >= 11 is 6.08. The van der Waals surface area contributed by atoms with Crippen LogP contribution in [0.25, 0.3) is 0 Å². The van der Waals surface area contributed by atoms with E-state index in [1.807, 2.05) is 6.92 Å². The Bertz CT molecular complexity index is 452. The van der Waals surface area contributed by atoms with Crippen LogP contribution in [-0.4, -0.2) is 16.3 Å². The summed E-state index contributed by atoms with van der Waals surface area (Å²) in [6, 6.07) is 0.